The number of ether oxygens (including phenoxy) is 1. The summed E-state index contributed by atoms with van der Waals surface area (Å²) in [7, 11) is 1.61. The van der Waals surface area contributed by atoms with Crippen molar-refractivity contribution >= 4 is 5.69 Å². The minimum Gasteiger partial charge on any atom is -0.496 e. The average Bonchev–Trinajstić information content (AvgIpc) is 2.38. The third kappa shape index (κ3) is 2.06. The lowest BCUT2D eigenvalue weighted by molar-refractivity contribution is 0.416. The van der Waals surface area contributed by atoms with E-state index in [0.29, 0.717) is 11.3 Å². The van der Waals surface area contributed by atoms with E-state index in [4.69, 9.17) is 15.7 Å². The van der Waals surface area contributed by atoms with Crippen LogP contribution in [0.4, 0.5) is 5.69 Å². The van der Waals surface area contributed by atoms with Crippen LogP contribution >= 0.6 is 0 Å². The van der Waals surface area contributed by atoms with Crippen molar-refractivity contribution in [3.05, 3.63) is 48.0 Å². The van der Waals surface area contributed by atoms with Crippen LogP contribution in [0.3, 0.4) is 0 Å². The number of nitriles is 1. The second-order valence-electron chi connectivity index (χ2n) is 3.62. The summed E-state index contributed by atoms with van der Waals surface area (Å²) in [6.07, 6.45) is 0. The summed E-state index contributed by atoms with van der Waals surface area (Å²) in [5.74, 6) is 0.744. The number of para-hydroxylation sites is 1. The smallest absolute Gasteiger partial charge is 0.126 e. The summed E-state index contributed by atoms with van der Waals surface area (Å²) in [6, 6.07) is 15.0. The number of nitrogen functional groups attached to an aromatic ring is 1. The SMILES string of the molecule is COc1ccccc1-c1ccc(N)cc1C#N. The zero-order valence-electron chi connectivity index (χ0n) is 9.47. The van der Waals surface area contributed by atoms with Crippen molar-refractivity contribution in [3.8, 4) is 22.9 Å². The third-order valence-corrected chi connectivity index (χ3v) is 2.56. The standard InChI is InChI=1S/C14H12N2O/c1-17-14-5-3-2-4-13(14)12-7-6-11(16)8-10(12)9-15/h2-8H,16H2,1H3. The van der Waals surface area contributed by atoms with Crippen LogP contribution in [0.2, 0.25) is 0 Å². The highest BCUT2D eigenvalue weighted by atomic mass is 16.5. The molecule has 0 spiro atoms. The quantitative estimate of drug-likeness (QED) is 0.798. The fraction of sp³-hybridized carbons (Fsp3) is 0.0714. The minimum atomic E-state index is 0.550. The number of methoxy groups -OCH3 is 1. The Morgan fingerprint density at radius 2 is 1.88 bits per heavy atom. The van der Waals surface area contributed by atoms with Crippen LogP contribution in [-0.4, -0.2) is 7.11 Å². The molecule has 2 rings (SSSR count). The maximum atomic E-state index is 9.12. The molecule has 0 aliphatic carbocycles. The monoisotopic (exact) mass is 224 g/mol. The van der Waals surface area contributed by atoms with Crippen LogP contribution in [0.25, 0.3) is 11.1 Å². The van der Waals surface area contributed by atoms with E-state index in [-0.39, 0.29) is 0 Å². The molecule has 0 saturated carbocycles. The van der Waals surface area contributed by atoms with E-state index in [1.54, 1.807) is 19.2 Å². The lowest BCUT2D eigenvalue weighted by atomic mass is 9.99. The number of anilines is 1. The Morgan fingerprint density at radius 1 is 1.12 bits per heavy atom. The van der Waals surface area contributed by atoms with Gasteiger partial charge in [0.15, 0.2) is 0 Å². The minimum absolute atomic E-state index is 0.550. The molecule has 0 amide bonds. The van der Waals surface area contributed by atoms with Gasteiger partial charge in [0.25, 0.3) is 0 Å². The van der Waals surface area contributed by atoms with E-state index in [2.05, 4.69) is 6.07 Å². The first-order valence-corrected chi connectivity index (χ1v) is 5.19. The maximum Gasteiger partial charge on any atom is 0.126 e. The highest BCUT2D eigenvalue weighted by molar-refractivity contribution is 5.77. The topological polar surface area (TPSA) is 59.0 Å². The predicted octanol–water partition coefficient (Wildman–Crippen LogP) is 2.82. The Bertz CT molecular complexity index is 585. The molecule has 0 unspecified atom stereocenters. The van der Waals surface area contributed by atoms with Gasteiger partial charge in [-0.1, -0.05) is 24.3 Å². The molecule has 84 valence electrons. The summed E-state index contributed by atoms with van der Waals surface area (Å²) >= 11 is 0. The Balaban J connectivity index is 2.65. The molecule has 3 heteroatoms. The van der Waals surface area contributed by atoms with Crippen LogP contribution in [0, 0.1) is 11.3 Å². The highest BCUT2D eigenvalue weighted by Crippen LogP contribution is 2.32. The number of nitrogens with two attached hydrogens (primary N) is 1. The second kappa shape index (κ2) is 4.58. The summed E-state index contributed by atoms with van der Waals surface area (Å²) in [4.78, 5) is 0. The molecular weight excluding hydrogens is 212 g/mol. The van der Waals surface area contributed by atoms with E-state index in [1.165, 1.54) is 0 Å². The molecule has 0 bridgehead atoms. The Morgan fingerprint density at radius 3 is 2.59 bits per heavy atom. The molecule has 0 aromatic heterocycles. The van der Waals surface area contributed by atoms with Gasteiger partial charge < -0.3 is 10.5 Å². The first kappa shape index (κ1) is 11.0. The van der Waals surface area contributed by atoms with E-state index in [9.17, 15) is 0 Å². The molecule has 3 nitrogen and oxygen atoms in total. The zero-order chi connectivity index (χ0) is 12.3. The number of rotatable bonds is 2. The van der Waals surface area contributed by atoms with Crippen molar-refractivity contribution in [1.29, 1.82) is 5.26 Å². The fourth-order valence-corrected chi connectivity index (χ4v) is 1.76. The van der Waals surface area contributed by atoms with Gasteiger partial charge in [-0.2, -0.15) is 5.26 Å². The van der Waals surface area contributed by atoms with Crippen molar-refractivity contribution in [2.45, 2.75) is 0 Å². The molecule has 0 aliphatic rings. The first-order valence-electron chi connectivity index (χ1n) is 5.19. The number of nitrogens with zero attached hydrogens (tertiary/aromatic N) is 1. The molecule has 0 atom stereocenters. The molecule has 0 saturated heterocycles. The van der Waals surface area contributed by atoms with Crippen LogP contribution in [-0.2, 0) is 0 Å². The van der Waals surface area contributed by atoms with Gasteiger partial charge in [-0.25, -0.2) is 0 Å². The van der Waals surface area contributed by atoms with Gasteiger partial charge in [-0.05, 0) is 18.2 Å². The average molecular weight is 224 g/mol. The molecule has 0 aliphatic heterocycles. The Hall–Kier alpha value is -2.47. The third-order valence-electron chi connectivity index (χ3n) is 2.56. The largest absolute Gasteiger partial charge is 0.496 e. The van der Waals surface area contributed by atoms with Crippen LogP contribution in [0.5, 0.6) is 5.75 Å². The van der Waals surface area contributed by atoms with Gasteiger partial charge in [0.2, 0.25) is 0 Å². The molecule has 0 radical (unpaired) electrons. The van der Waals surface area contributed by atoms with E-state index in [0.717, 1.165) is 16.9 Å². The number of hydrogen-bond donors (Lipinski definition) is 1. The van der Waals surface area contributed by atoms with Gasteiger partial charge >= 0.3 is 0 Å². The normalized spacial score (nSPS) is 9.65. The summed E-state index contributed by atoms with van der Waals surface area (Å²) in [6.45, 7) is 0. The van der Waals surface area contributed by atoms with Crippen molar-refractivity contribution in [3.63, 3.8) is 0 Å². The molecule has 0 heterocycles. The molecule has 2 aromatic carbocycles. The van der Waals surface area contributed by atoms with Gasteiger partial charge in [-0.15, -0.1) is 0 Å². The molecular formula is C14H12N2O. The van der Waals surface area contributed by atoms with E-state index >= 15 is 0 Å². The lowest BCUT2D eigenvalue weighted by Crippen LogP contribution is -1.92. The van der Waals surface area contributed by atoms with Crippen LogP contribution in [0.15, 0.2) is 42.5 Å². The maximum absolute atomic E-state index is 9.12. The van der Waals surface area contributed by atoms with Crippen LogP contribution in [0.1, 0.15) is 5.56 Å². The van der Waals surface area contributed by atoms with Crippen molar-refractivity contribution < 1.29 is 4.74 Å². The molecule has 0 fully saturated rings. The predicted molar refractivity (Wildman–Crippen MR) is 67.6 cm³/mol. The van der Waals surface area contributed by atoms with Crippen molar-refractivity contribution in [1.82, 2.24) is 0 Å². The zero-order valence-corrected chi connectivity index (χ0v) is 9.47. The summed E-state index contributed by atoms with van der Waals surface area (Å²) in [5, 5.41) is 9.12. The summed E-state index contributed by atoms with van der Waals surface area (Å²) < 4.78 is 5.29. The summed E-state index contributed by atoms with van der Waals surface area (Å²) in [5.41, 5.74) is 8.53. The Labute approximate surface area is 100 Å². The van der Waals surface area contributed by atoms with Gasteiger partial charge in [-0.3, -0.25) is 0 Å². The lowest BCUT2D eigenvalue weighted by Gasteiger charge is -2.10. The molecule has 2 N–H and O–H groups in total. The van der Waals surface area contributed by atoms with Gasteiger partial charge in [0.05, 0.1) is 18.7 Å². The number of hydrogen-bond acceptors (Lipinski definition) is 3. The first-order chi connectivity index (χ1) is 8.26. The van der Waals surface area contributed by atoms with Crippen LogP contribution < -0.4 is 10.5 Å². The van der Waals surface area contributed by atoms with E-state index in [1.807, 2.05) is 30.3 Å². The van der Waals surface area contributed by atoms with Crippen molar-refractivity contribution in [2.24, 2.45) is 0 Å². The van der Waals surface area contributed by atoms with E-state index < -0.39 is 0 Å². The van der Waals surface area contributed by atoms with Crippen molar-refractivity contribution in [2.75, 3.05) is 12.8 Å². The molecule has 17 heavy (non-hydrogen) atoms. The number of benzene rings is 2. The fourth-order valence-electron chi connectivity index (χ4n) is 1.76. The second-order valence-corrected chi connectivity index (χ2v) is 3.62. The Kier molecular flexibility index (Phi) is 2.97. The highest BCUT2D eigenvalue weighted by Gasteiger charge is 2.09. The molecule has 2 aromatic rings. The van der Waals surface area contributed by atoms with Gasteiger partial charge in [0.1, 0.15) is 5.75 Å². The van der Waals surface area contributed by atoms with Gasteiger partial charge in [0, 0.05) is 16.8 Å².